The maximum Gasteiger partial charge on any atom is 0.171 e. The van der Waals surface area contributed by atoms with Gasteiger partial charge in [0.1, 0.15) is 0 Å². The first kappa shape index (κ1) is 13.5. The average Bonchev–Trinajstić information content (AvgIpc) is 2.47. The SMILES string of the molecule is CC[C@H](NC(=S)Nc1cccnc1)c1ccccc1. The lowest BCUT2D eigenvalue weighted by Crippen LogP contribution is -2.32. The zero-order chi connectivity index (χ0) is 13.5. The Labute approximate surface area is 119 Å². The minimum Gasteiger partial charge on any atom is -0.356 e. The highest BCUT2D eigenvalue weighted by atomic mass is 32.1. The molecule has 1 aromatic heterocycles. The highest BCUT2D eigenvalue weighted by Crippen LogP contribution is 2.16. The van der Waals surface area contributed by atoms with Gasteiger partial charge in [0.25, 0.3) is 0 Å². The fraction of sp³-hybridized carbons (Fsp3) is 0.200. The highest BCUT2D eigenvalue weighted by Gasteiger charge is 2.09. The molecular formula is C15H17N3S. The summed E-state index contributed by atoms with van der Waals surface area (Å²) in [5, 5.41) is 7.07. The van der Waals surface area contributed by atoms with Gasteiger partial charge in [-0.15, -0.1) is 0 Å². The monoisotopic (exact) mass is 271 g/mol. The molecule has 0 unspecified atom stereocenters. The standard InChI is InChI=1S/C15H17N3S/c1-2-14(12-7-4-3-5-8-12)18-15(19)17-13-9-6-10-16-11-13/h3-11,14H,2H2,1H3,(H2,17,18,19)/t14-/m0/s1. The zero-order valence-electron chi connectivity index (χ0n) is 10.8. The van der Waals surface area contributed by atoms with Gasteiger partial charge in [-0.1, -0.05) is 37.3 Å². The molecule has 0 amide bonds. The molecule has 0 saturated heterocycles. The van der Waals surface area contributed by atoms with Crippen molar-refractivity contribution in [3.05, 3.63) is 60.4 Å². The van der Waals surface area contributed by atoms with Gasteiger partial charge >= 0.3 is 0 Å². The first-order chi connectivity index (χ1) is 9.29. The number of hydrogen-bond donors (Lipinski definition) is 2. The van der Waals surface area contributed by atoms with Crippen molar-refractivity contribution < 1.29 is 0 Å². The smallest absolute Gasteiger partial charge is 0.171 e. The van der Waals surface area contributed by atoms with E-state index in [9.17, 15) is 0 Å². The molecule has 1 atom stereocenters. The van der Waals surface area contributed by atoms with Crippen molar-refractivity contribution in [1.29, 1.82) is 0 Å². The van der Waals surface area contributed by atoms with Gasteiger partial charge in [0.05, 0.1) is 17.9 Å². The highest BCUT2D eigenvalue weighted by molar-refractivity contribution is 7.80. The maximum atomic E-state index is 5.33. The summed E-state index contributed by atoms with van der Waals surface area (Å²) in [7, 11) is 0. The molecule has 3 nitrogen and oxygen atoms in total. The largest absolute Gasteiger partial charge is 0.356 e. The zero-order valence-corrected chi connectivity index (χ0v) is 11.7. The molecule has 19 heavy (non-hydrogen) atoms. The summed E-state index contributed by atoms with van der Waals surface area (Å²) >= 11 is 5.33. The molecule has 1 heterocycles. The summed E-state index contributed by atoms with van der Waals surface area (Å²) < 4.78 is 0. The van der Waals surface area contributed by atoms with Crippen LogP contribution in [0, 0.1) is 0 Å². The third-order valence-corrected chi connectivity index (χ3v) is 3.05. The number of rotatable bonds is 4. The lowest BCUT2D eigenvalue weighted by molar-refractivity contribution is 0.629. The number of nitrogens with one attached hydrogen (secondary N) is 2. The lowest BCUT2D eigenvalue weighted by Gasteiger charge is -2.19. The number of thiocarbonyl (C=S) groups is 1. The van der Waals surface area contributed by atoms with E-state index >= 15 is 0 Å². The molecule has 0 saturated carbocycles. The average molecular weight is 271 g/mol. The Bertz CT molecular complexity index is 513. The Balaban J connectivity index is 1.97. The number of hydrogen-bond acceptors (Lipinski definition) is 2. The van der Waals surface area contributed by atoms with Crippen LogP contribution < -0.4 is 10.6 Å². The molecule has 98 valence electrons. The molecule has 2 aromatic rings. The van der Waals surface area contributed by atoms with E-state index in [1.165, 1.54) is 5.56 Å². The predicted molar refractivity (Wildman–Crippen MR) is 83.1 cm³/mol. The topological polar surface area (TPSA) is 37.0 Å². The minimum atomic E-state index is 0.220. The van der Waals surface area contributed by atoms with E-state index in [0.717, 1.165) is 12.1 Å². The number of benzene rings is 1. The van der Waals surface area contributed by atoms with E-state index in [2.05, 4.69) is 34.7 Å². The quantitative estimate of drug-likeness (QED) is 0.834. The lowest BCUT2D eigenvalue weighted by atomic mass is 10.1. The van der Waals surface area contributed by atoms with Gasteiger partial charge < -0.3 is 10.6 Å². The van der Waals surface area contributed by atoms with Crippen molar-refractivity contribution >= 4 is 23.0 Å². The Kier molecular flexibility index (Phi) is 4.86. The van der Waals surface area contributed by atoms with Gasteiger partial charge in [0.2, 0.25) is 0 Å². The van der Waals surface area contributed by atoms with Gasteiger partial charge in [-0.25, -0.2) is 0 Å². The van der Waals surface area contributed by atoms with Crippen molar-refractivity contribution in [2.45, 2.75) is 19.4 Å². The second kappa shape index (κ2) is 6.85. The Hall–Kier alpha value is -1.94. The summed E-state index contributed by atoms with van der Waals surface area (Å²) in [6, 6.07) is 14.3. The molecule has 2 N–H and O–H groups in total. The van der Waals surface area contributed by atoms with Crippen molar-refractivity contribution in [2.24, 2.45) is 0 Å². The van der Waals surface area contributed by atoms with Crippen LogP contribution in [0.4, 0.5) is 5.69 Å². The van der Waals surface area contributed by atoms with Crippen molar-refractivity contribution in [2.75, 3.05) is 5.32 Å². The normalized spacial score (nSPS) is 11.6. The predicted octanol–water partition coefficient (Wildman–Crippen LogP) is 3.52. The van der Waals surface area contributed by atoms with Crippen LogP contribution in [0.5, 0.6) is 0 Å². The van der Waals surface area contributed by atoms with Gasteiger partial charge in [-0.3, -0.25) is 4.98 Å². The van der Waals surface area contributed by atoms with Gasteiger partial charge in [0, 0.05) is 6.20 Å². The van der Waals surface area contributed by atoms with Crippen LogP contribution >= 0.6 is 12.2 Å². The Morgan fingerprint density at radius 2 is 2.00 bits per heavy atom. The number of nitrogens with zero attached hydrogens (tertiary/aromatic N) is 1. The molecule has 0 bridgehead atoms. The number of anilines is 1. The van der Waals surface area contributed by atoms with Crippen LogP contribution in [-0.4, -0.2) is 10.1 Å². The van der Waals surface area contributed by atoms with Crippen LogP contribution in [0.3, 0.4) is 0 Å². The van der Waals surface area contributed by atoms with Crippen LogP contribution in [0.2, 0.25) is 0 Å². The van der Waals surface area contributed by atoms with E-state index in [-0.39, 0.29) is 6.04 Å². The van der Waals surface area contributed by atoms with E-state index in [0.29, 0.717) is 5.11 Å². The minimum absolute atomic E-state index is 0.220. The summed E-state index contributed by atoms with van der Waals surface area (Å²) in [6.45, 7) is 2.14. The fourth-order valence-corrected chi connectivity index (χ4v) is 2.13. The molecule has 0 radical (unpaired) electrons. The van der Waals surface area contributed by atoms with E-state index < -0.39 is 0 Å². The summed E-state index contributed by atoms with van der Waals surface area (Å²) in [6.07, 6.45) is 4.46. The molecule has 0 aliphatic heterocycles. The van der Waals surface area contributed by atoms with Crippen LogP contribution in [-0.2, 0) is 0 Å². The third-order valence-electron chi connectivity index (χ3n) is 2.83. The Morgan fingerprint density at radius 3 is 2.63 bits per heavy atom. The fourth-order valence-electron chi connectivity index (χ4n) is 1.87. The molecule has 1 aromatic carbocycles. The summed E-state index contributed by atoms with van der Waals surface area (Å²) in [5.41, 5.74) is 2.13. The molecule has 4 heteroatoms. The second-order valence-electron chi connectivity index (χ2n) is 4.21. The maximum absolute atomic E-state index is 5.33. The van der Waals surface area contributed by atoms with Crippen molar-refractivity contribution in [1.82, 2.24) is 10.3 Å². The number of pyridine rings is 1. The first-order valence-electron chi connectivity index (χ1n) is 6.32. The van der Waals surface area contributed by atoms with Crippen LogP contribution in [0.1, 0.15) is 24.9 Å². The van der Waals surface area contributed by atoms with Crippen LogP contribution in [0.25, 0.3) is 0 Å². The molecule has 2 rings (SSSR count). The summed E-state index contributed by atoms with van der Waals surface area (Å²) in [4.78, 5) is 4.05. The van der Waals surface area contributed by atoms with E-state index in [1.807, 2.05) is 30.3 Å². The van der Waals surface area contributed by atoms with Crippen molar-refractivity contribution in [3.63, 3.8) is 0 Å². The van der Waals surface area contributed by atoms with Crippen LogP contribution in [0.15, 0.2) is 54.9 Å². The Morgan fingerprint density at radius 1 is 1.21 bits per heavy atom. The summed E-state index contributed by atoms with van der Waals surface area (Å²) in [5.74, 6) is 0. The molecule has 0 aliphatic carbocycles. The molecule has 0 spiro atoms. The molecule has 0 aliphatic rings. The van der Waals surface area contributed by atoms with E-state index in [4.69, 9.17) is 12.2 Å². The van der Waals surface area contributed by atoms with Gasteiger partial charge in [0.15, 0.2) is 5.11 Å². The first-order valence-corrected chi connectivity index (χ1v) is 6.73. The molecular weight excluding hydrogens is 254 g/mol. The van der Waals surface area contributed by atoms with E-state index in [1.54, 1.807) is 12.4 Å². The number of aromatic nitrogens is 1. The van der Waals surface area contributed by atoms with Gasteiger partial charge in [-0.2, -0.15) is 0 Å². The second-order valence-corrected chi connectivity index (χ2v) is 4.62. The van der Waals surface area contributed by atoms with Crippen molar-refractivity contribution in [3.8, 4) is 0 Å². The third kappa shape index (κ3) is 4.03. The molecule has 0 fully saturated rings. The van der Waals surface area contributed by atoms with Gasteiger partial charge in [-0.05, 0) is 36.3 Å².